The molecule has 3 rings (SSSR count). The normalized spacial score (nSPS) is 47.9. The molecular formula is C15H22O5. The van der Waals surface area contributed by atoms with E-state index >= 15 is 0 Å². The fraction of sp³-hybridized carbons (Fsp3) is 0.800. The van der Waals surface area contributed by atoms with E-state index in [1.165, 1.54) is 0 Å². The number of carbonyl (C=O) groups is 1. The van der Waals surface area contributed by atoms with Gasteiger partial charge in [0.05, 0.1) is 18.3 Å². The highest BCUT2D eigenvalue weighted by Gasteiger charge is 2.61. The summed E-state index contributed by atoms with van der Waals surface area (Å²) in [5.41, 5.74) is -0.140. The molecule has 0 bridgehead atoms. The van der Waals surface area contributed by atoms with Gasteiger partial charge in [-0.1, -0.05) is 13.8 Å². The highest BCUT2D eigenvalue weighted by molar-refractivity contribution is 5.91. The van der Waals surface area contributed by atoms with Gasteiger partial charge in [0.1, 0.15) is 6.61 Å². The molecule has 5 atom stereocenters. The van der Waals surface area contributed by atoms with Gasteiger partial charge in [-0.25, -0.2) is 4.79 Å². The number of aliphatic hydroxyl groups excluding tert-OH is 2. The van der Waals surface area contributed by atoms with E-state index in [0.717, 1.165) is 5.57 Å². The Morgan fingerprint density at radius 1 is 1.40 bits per heavy atom. The molecule has 2 aliphatic carbocycles. The molecule has 0 saturated heterocycles. The average Bonchev–Trinajstić information content (AvgIpc) is 2.80. The molecule has 5 nitrogen and oxygen atoms in total. The smallest absolute Gasteiger partial charge is 0.334 e. The Bertz CT molecular complexity index is 485. The fourth-order valence-electron chi connectivity index (χ4n) is 4.25. The van der Waals surface area contributed by atoms with Crippen LogP contribution in [0.1, 0.15) is 33.1 Å². The molecule has 0 aromatic heterocycles. The molecule has 0 radical (unpaired) electrons. The zero-order chi connectivity index (χ0) is 14.7. The van der Waals surface area contributed by atoms with Crippen molar-refractivity contribution < 1.29 is 24.9 Å². The van der Waals surface area contributed by atoms with Gasteiger partial charge in [-0.05, 0) is 30.8 Å². The number of aliphatic hydroxyl groups is 3. The third-order valence-corrected chi connectivity index (χ3v) is 5.67. The van der Waals surface area contributed by atoms with Crippen molar-refractivity contribution in [1.29, 1.82) is 0 Å². The van der Waals surface area contributed by atoms with E-state index in [-0.39, 0.29) is 31.0 Å². The van der Waals surface area contributed by atoms with Crippen LogP contribution in [0.15, 0.2) is 11.1 Å². The monoisotopic (exact) mass is 282 g/mol. The summed E-state index contributed by atoms with van der Waals surface area (Å²) in [6.45, 7) is 3.84. The molecule has 0 spiro atoms. The quantitative estimate of drug-likeness (QED) is 0.605. The van der Waals surface area contributed by atoms with Gasteiger partial charge in [0, 0.05) is 16.9 Å². The van der Waals surface area contributed by atoms with Crippen LogP contribution in [-0.4, -0.2) is 46.2 Å². The second-order valence-corrected chi connectivity index (χ2v) is 7.00. The molecule has 0 amide bonds. The Hall–Kier alpha value is -0.910. The summed E-state index contributed by atoms with van der Waals surface area (Å²) in [4.78, 5) is 11.7. The zero-order valence-corrected chi connectivity index (χ0v) is 11.9. The highest BCUT2D eigenvalue weighted by atomic mass is 16.5. The van der Waals surface area contributed by atoms with Crippen molar-refractivity contribution in [3.63, 3.8) is 0 Å². The van der Waals surface area contributed by atoms with Crippen LogP contribution in [0.4, 0.5) is 0 Å². The molecule has 1 saturated carbocycles. The molecule has 112 valence electrons. The Kier molecular flexibility index (Phi) is 3.01. The summed E-state index contributed by atoms with van der Waals surface area (Å²) in [6.07, 6.45) is 0.537. The molecule has 5 heteroatoms. The summed E-state index contributed by atoms with van der Waals surface area (Å²) in [7, 11) is 0. The number of fused-ring (bicyclic) bond motifs is 1. The Morgan fingerprint density at radius 2 is 2.10 bits per heavy atom. The Labute approximate surface area is 118 Å². The van der Waals surface area contributed by atoms with Crippen LogP contribution in [0.2, 0.25) is 0 Å². The van der Waals surface area contributed by atoms with Crippen molar-refractivity contribution in [3.8, 4) is 0 Å². The molecule has 20 heavy (non-hydrogen) atoms. The number of esters is 1. The van der Waals surface area contributed by atoms with Crippen molar-refractivity contribution >= 4 is 5.97 Å². The molecule has 3 N–H and O–H groups in total. The van der Waals surface area contributed by atoms with Crippen LogP contribution < -0.4 is 0 Å². The number of cyclic esters (lactones) is 1. The lowest BCUT2D eigenvalue weighted by molar-refractivity contribution is -0.136. The molecule has 0 aromatic rings. The molecule has 0 unspecified atom stereocenters. The summed E-state index contributed by atoms with van der Waals surface area (Å²) >= 11 is 0. The van der Waals surface area contributed by atoms with E-state index in [4.69, 9.17) is 4.74 Å². The van der Waals surface area contributed by atoms with Gasteiger partial charge in [-0.15, -0.1) is 0 Å². The fourth-order valence-corrected chi connectivity index (χ4v) is 4.25. The highest BCUT2D eigenvalue weighted by Crippen LogP contribution is 2.56. The molecule has 1 aliphatic heterocycles. The molecule has 0 aromatic carbocycles. The van der Waals surface area contributed by atoms with Crippen LogP contribution in [0, 0.1) is 17.3 Å². The standard InChI is InChI=1S/C15H22O5/c1-8-3-10-9(5-20-13(10)18)4-11-12(17)14(2,7-16)6-15(8,11)19/h8,11-12,16-17,19H,3-7H2,1-2H3/t8-,11+,12+,14-,15-/m0/s1. The first-order chi connectivity index (χ1) is 9.32. The third kappa shape index (κ3) is 1.70. The largest absolute Gasteiger partial charge is 0.458 e. The third-order valence-electron chi connectivity index (χ3n) is 5.67. The summed E-state index contributed by atoms with van der Waals surface area (Å²) in [5.74, 6) is -0.778. The van der Waals surface area contributed by atoms with Gasteiger partial charge in [0.15, 0.2) is 0 Å². The van der Waals surface area contributed by atoms with Crippen molar-refractivity contribution in [1.82, 2.24) is 0 Å². The van der Waals surface area contributed by atoms with Gasteiger partial charge in [0.2, 0.25) is 0 Å². The maximum atomic E-state index is 11.7. The number of ether oxygens (including phenoxy) is 1. The minimum absolute atomic E-state index is 0.145. The lowest BCUT2D eigenvalue weighted by Gasteiger charge is -2.35. The first-order valence-corrected chi connectivity index (χ1v) is 7.21. The first-order valence-electron chi connectivity index (χ1n) is 7.21. The Balaban J connectivity index is 2.00. The molecule has 1 fully saturated rings. The van der Waals surface area contributed by atoms with Crippen LogP contribution >= 0.6 is 0 Å². The van der Waals surface area contributed by atoms with Crippen molar-refractivity contribution in [3.05, 3.63) is 11.1 Å². The van der Waals surface area contributed by atoms with Gasteiger partial charge < -0.3 is 20.1 Å². The number of rotatable bonds is 1. The Morgan fingerprint density at radius 3 is 2.75 bits per heavy atom. The average molecular weight is 282 g/mol. The summed E-state index contributed by atoms with van der Waals surface area (Å²) in [5, 5.41) is 31.2. The van der Waals surface area contributed by atoms with E-state index in [2.05, 4.69) is 0 Å². The number of hydrogen-bond donors (Lipinski definition) is 3. The first kappa shape index (κ1) is 14.0. The van der Waals surface area contributed by atoms with Gasteiger partial charge in [0.25, 0.3) is 0 Å². The predicted molar refractivity (Wildman–Crippen MR) is 70.6 cm³/mol. The van der Waals surface area contributed by atoms with Crippen LogP contribution in [0.3, 0.4) is 0 Å². The van der Waals surface area contributed by atoms with Crippen molar-refractivity contribution in [2.75, 3.05) is 13.2 Å². The lowest BCUT2D eigenvalue weighted by atomic mass is 9.77. The maximum absolute atomic E-state index is 11.7. The number of carbonyl (C=O) groups excluding carboxylic acids is 1. The minimum atomic E-state index is -1.04. The van der Waals surface area contributed by atoms with E-state index in [1.807, 2.05) is 13.8 Å². The molecule has 3 aliphatic rings. The van der Waals surface area contributed by atoms with E-state index in [1.54, 1.807) is 0 Å². The van der Waals surface area contributed by atoms with Gasteiger partial charge >= 0.3 is 5.97 Å². The second kappa shape index (κ2) is 4.29. The van der Waals surface area contributed by atoms with E-state index < -0.39 is 17.1 Å². The van der Waals surface area contributed by atoms with Crippen molar-refractivity contribution in [2.24, 2.45) is 17.3 Å². The molecule has 1 heterocycles. The molecular weight excluding hydrogens is 260 g/mol. The van der Waals surface area contributed by atoms with Crippen LogP contribution in [-0.2, 0) is 9.53 Å². The lowest BCUT2D eigenvalue weighted by Crippen LogP contribution is -2.42. The van der Waals surface area contributed by atoms with Gasteiger partial charge in [-0.2, -0.15) is 0 Å². The van der Waals surface area contributed by atoms with E-state index in [0.29, 0.717) is 24.8 Å². The van der Waals surface area contributed by atoms with Gasteiger partial charge in [-0.3, -0.25) is 0 Å². The maximum Gasteiger partial charge on any atom is 0.334 e. The predicted octanol–water partition coefficient (Wildman–Crippen LogP) is 0.380. The second-order valence-electron chi connectivity index (χ2n) is 7.00. The summed E-state index contributed by atoms with van der Waals surface area (Å²) < 4.78 is 5.07. The van der Waals surface area contributed by atoms with Crippen molar-refractivity contribution in [2.45, 2.75) is 44.8 Å². The topological polar surface area (TPSA) is 87.0 Å². The SMILES string of the molecule is C[C@H]1CC2=C(COC2=O)C[C@@H]2[C@@H](O)[C@](C)(CO)C[C@@]21O. The van der Waals surface area contributed by atoms with Crippen LogP contribution in [0.5, 0.6) is 0 Å². The number of hydrogen-bond acceptors (Lipinski definition) is 5. The van der Waals surface area contributed by atoms with Crippen LogP contribution in [0.25, 0.3) is 0 Å². The minimum Gasteiger partial charge on any atom is -0.458 e. The summed E-state index contributed by atoms with van der Waals surface area (Å²) in [6, 6.07) is 0. The zero-order valence-electron chi connectivity index (χ0n) is 11.9. The van der Waals surface area contributed by atoms with E-state index in [9.17, 15) is 20.1 Å².